The molecule has 3 heterocycles. The van der Waals surface area contributed by atoms with Crippen LogP contribution < -0.4 is 11.2 Å². The highest BCUT2D eigenvalue weighted by Gasteiger charge is 2.23. The number of halogens is 2. The van der Waals surface area contributed by atoms with Crippen molar-refractivity contribution in [1.29, 1.82) is 0 Å². The third-order valence-electron chi connectivity index (χ3n) is 5.07. The Kier molecular flexibility index (Phi) is 5.07. The van der Waals surface area contributed by atoms with Crippen LogP contribution in [0.1, 0.15) is 23.9 Å². The van der Waals surface area contributed by atoms with Crippen molar-refractivity contribution in [3.8, 4) is 5.95 Å². The molecular formula is C20H20Cl2N6O2. The van der Waals surface area contributed by atoms with Gasteiger partial charge < -0.3 is 0 Å². The number of aromatic nitrogens is 6. The summed E-state index contributed by atoms with van der Waals surface area (Å²) in [4.78, 5) is 30.5. The van der Waals surface area contributed by atoms with Gasteiger partial charge in [-0.25, -0.2) is 9.48 Å². The normalized spacial score (nSPS) is 11.5. The summed E-state index contributed by atoms with van der Waals surface area (Å²) in [5.41, 5.74) is 2.22. The molecule has 30 heavy (non-hydrogen) atoms. The minimum atomic E-state index is -0.413. The summed E-state index contributed by atoms with van der Waals surface area (Å²) < 4.78 is 5.99. The van der Waals surface area contributed by atoms with E-state index in [1.54, 1.807) is 35.4 Å². The molecule has 0 fully saturated rings. The number of hydrogen-bond donors (Lipinski definition) is 0. The molecule has 0 aliphatic carbocycles. The van der Waals surface area contributed by atoms with Crippen LogP contribution in [0.5, 0.6) is 0 Å². The molecule has 10 heteroatoms. The van der Waals surface area contributed by atoms with Gasteiger partial charge in [0.25, 0.3) is 5.56 Å². The van der Waals surface area contributed by atoms with Crippen molar-refractivity contribution in [3.05, 3.63) is 72.1 Å². The molecule has 0 bridgehead atoms. The fourth-order valence-corrected chi connectivity index (χ4v) is 4.07. The van der Waals surface area contributed by atoms with Gasteiger partial charge in [0.2, 0.25) is 5.95 Å². The lowest BCUT2D eigenvalue weighted by atomic mass is 10.2. The molecule has 156 valence electrons. The maximum Gasteiger partial charge on any atom is 0.332 e. The Hall–Kier alpha value is -2.84. The highest BCUT2D eigenvalue weighted by molar-refractivity contribution is 6.35. The molecule has 0 unspecified atom stereocenters. The number of benzene rings is 1. The Morgan fingerprint density at radius 1 is 1.07 bits per heavy atom. The number of aryl methyl sites for hydroxylation is 3. The van der Waals surface area contributed by atoms with Gasteiger partial charge in [0.1, 0.15) is 0 Å². The van der Waals surface area contributed by atoms with E-state index >= 15 is 0 Å². The quantitative estimate of drug-likeness (QED) is 0.482. The maximum atomic E-state index is 13.2. The van der Waals surface area contributed by atoms with E-state index in [-0.39, 0.29) is 13.1 Å². The predicted octanol–water partition coefficient (Wildman–Crippen LogP) is 3.07. The van der Waals surface area contributed by atoms with Crippen molar-refractivity contribution in [1.82, 2.24) is 28.5 Å². The van der Waals surface area contributed by atoms with Crippen molar-refractivity contribution < 1.29 is 0 Å². The van der Waals surface area contributed by atoms with Gasteiger partial charge in [0, 0.05) is 29.3 Å². The van der Waals surface area contributed by atoms with Crippen LogP contribution in [-0.4, -0.2) is 28.5 Å². The molecule has 0 amide bonds. The minimum absolute atomic E-state index is 0.254. The highest BCUT2D eigenvalue weighted by Crippen LogP contribution is 2.25. The Balaban J connectivity index is 2.10. The van der Waals surface area contributed by atoms with Gasteiger partial charge in [-0.05, 0) is 44.5 Å². The number of rotatable bonds is 4. The van der Waals surface area contributed by atoms with Crippen LogP contribution in [0.2, 0.25) is 10.0 Å². The second-order valence-electron chi connectivity index (χ2n) is 7.14. The first-order valence-corrected chi connectivity index (χ1v) is 10.2. The molecule has 4 rings (SSSR count). The molecule has 0 aliphatic heterocycles. The molecule has 0 radical (unpaired) electrons. The van der Waals surface area contributed by atoms with E-state index in [9.17, 15) is 9.59 Å². The van der Waals surface area contributed by atoms with Gasteiger partial charge in [-0.3, -0.25) is 18.5 Å². The van der Waals surface area contributed by atoms with E-state index in [1.165, 1.54) is 9.13 Å². The first kappa shape index (κ1) is 20.4. The third kappa shape index (κ3) is 3.16. The molecule has 0 saturated heterocycles. The summed E-state index contributed by atoms with van der Waals surface area (Å²) in [7, 11) is 1.61. The zero-order valence-corrected chi connectivity index (χ0v) is 18.5. The van der Waals surface area contributed by atoms with E-state index in [0.29, 0.717) is 27.2 Å². The van der Waals surface area contributed by atoms with E-state index in [2.05, 4.69) is 10.1 Å². The Morgan fingerprint density at radius 3 is 2.40 bits per heavy atom. The fraction of sp³-hybridized carbons (Fsp3) is 0.300. The maximum absolute atomic E-state index is 13.2. The first-order valence-electron chi connectivity index (χ1n) is 9.40. The first-order chi connectivity index (χ1) is 14.2. The molecule has 8 nitrogen and oxygen atoms in total. The van der Waals surface area contributed by atoms with E-state index in [1.807, 2.05) is 26.0 Å². The van der Waals surface area contributed by atoms with E-state index < -0.39 is 11.2 Å². The molecule has 0 aliphatic rings. The monoisotopic (exact) mass is 446 g/mol. The standard InChI is InChI=1S/C20H20Cl2N6O2/c1-5-26-18(29)16-17(25(4)20(26)30)23-19(28-12(3)8-11(2)24-28)27(16)10-13-6-7-14(21)9-15(13)22/h6-9H,5,10H2,1-4H3. The summed E-state index contributed by atoms with van der Waals surface area (Å²) in [6.07, 6.45) is 0. The fourth-order valence-electron chi connectivity index (χ4n) is 3.60. The lowest BCUT2D eigenvalue weighted by Gasteiger charge is -2.12. The second-order valence-corrected chi connectivity index (χ2v) is 7.98. The average molecular weight is 447 g/mol. The summed E-state index contributed by atoms with van der Waals surface area (Å²) >= 11 is 12.4. The number of nitrogens with zero attached hydrogens (tertiary/aromatic N) is 6. The Bertz CT molecular complexity index is 1410. The van der Waals surface area contributed by atoms with Crippen LogP contribution in [-0.2, 0) is 20.1 Å². The van der Waals surface area contributed by atoms with Crippen LogP contribution in [0.15, 0.2) is 33.9 Å². The molecule has 0 saturated carbocycles. The smallest absolute Gasteiger partial charge is 0.298 e. The van der Waals surface area contributed by atoms with Crippen molar-refractivity contribution in [2.24, 2.45) is 7.05 Å². The average Bonchev–Trinajstić information content (AvgIpc) is 3.22. The van der Waals surface area contributed by atoms with Gasteiger partial charge >= 0.3 is 5.69 Å². The zero-order chi connectivity index (χ0) is 21.7. The topological polar surface area (TPSA) is 79.6 Å². The Morgan fingerprint density at radius 2 is 1.80 bits per heavy atom. The molecule has 0 N–H and O–H groups in total. The van der Waals surface area contributed by atoms with Crippen LogP contribution in [0.25, 0.3) is 17.1 Å². The number of imidazole rings is 1. The van der Waals surface area contributed by atoms with Gasteiger partial charge in [-0.1, -0.05) is 29.3 Å². The SMILES string of the molecule is CCn1c(=O)c2c(nc(-n3nc(C)cc3C)n2Cc2ccc(Cl)cc2Cl)n(C)c1=O. The largest absolute Gasteiger partial charge is 0.332 e. The number of fused-ring (bicyclic) bond motifs is 1. The zero-order valence-electron chi connectivity index (χ0n) is 17.0. The van der Waals surface area contributed by atoms with Crippen molar-refractivity contribution in [2.75, 3.05) is 0 Å². The molecule has 0 atom stereocenters. The van der Waals surface area contributed by atoms with Gasteiger partial charge in [-0.2, -0.15) is 10.1 Å². The molecule has 3 aromatic heterocycles. The lowest BCUT2D eigenvalue weighted by Crippen LogP contribution is -2.39. The lowest BCUT2D eigenvalue weighted by molar-refractivity contribution is 0.633. The predicted molar refractivity (Wildman–Crippen MR) is 117 cm³/mol. The summed E-state index contributed by atoms with van der Waals surface area (Å²) in [5.74, 6) is 0.433. The number of hydrogen-bond acceptors (Lipinski definition) is 4. The second kappa shape index (κ2) is 7.45. The van der Waals surface area contributed by atoms with Crippen LogP contribution in [0.3, 0.4) is 0 Å². The minimum Gasteiger partial charge on any atom is -0.298 e. The van der Waals surface area contributed by atoms with E-state index in [0.717, 1.165) is 17.0 Å². The summed E-state index contributed by atoms with van der Waals surface area (Å²) in [6, 6.07) is 7.12. The molecular weight excluding hydrogens is 427 g/mol. The van der Waals surface area contributed by atoms with E-state index in [4.69, 9.17) is 23.2 Å². The van der Waals surface area contributed by atoms with Crippen LogP contribution >= 0.6 is 23.2 Å². The van der Waals surface area contributed by atoms with Crippen molar-refractivity contribution in [3.63, 3.8) is 0 Å². The van der Waals surface area contributed by atoms with Gasteiger partial charge in [-0.15, -0.1) is 0 Å². The van der Waals surface area contributed by atoms with Crippen LogP contribution in [0, 0.1) is 13.8 Å². The summed E-state index contributed by atoms with van der Waals surface area (Å²) in [5, 5.41) is 5.52. The van der Waals surface area contributed by atoms with Crippen LogP contribution in [0.4, 0.5) is 0 Å². The summed E-state index contributed by atoms with van der Waals surface area (Å²) in [6.45, 7) is 6.06. The van der Waals surface area contributed by atoms with Gasteiger partial charge in [0.05, 0.1) is 12.2 Å². The Labute approximate surface area is 181 Å². The molecule has 0 spiro atoms. The highest BCUT2D eigenvalue weighted by atomic mass is 35.5. The van der Waals surface area contributed by atoms with Crippen molar-refractivity contribution in [2.45, 2.75) is 33.9 Å². The van der Waals surface area contributed by atoms with Gasteiger partial charge in [0.15, 0.2) is 11.2 Å². The third-order valence-corrected chi connectivity index (χ3v) is 5.66. The van der Waals surface area contributed by atoms with Crippen molar-refractivity contribution >= 4 is 34.4 Å². The molecule has 1 aromatic carbocycles. The molecule has 4 aromatic rings.